The number of carbonyl (C=O) groups is 2. The monoisotopic (exact) mass is 191 g/mol. The molecule has 0 rings (SSSR count). The van der Waals surface area contributed by atoms with Gasteiger partial charge >= 0.3 is 11.9 Å². The molecule has 0 saturated carbocycles. The van der Waals surface area contributed by atoms with Crippen molar-refractivity contribution < 1.29 is 24.9 Å². The van der Waals surface area contributed by atoms with Gasteiger partial charge < -0.3 is 15.3 Å². The summed E-state index contributed by atoms with van der Waals surface area (Å²) < 4.78 is 0. The predicted octanol–water partition coefficient (Wildman–Crippen LogP) is -0.814. The average Bonchev–Trinajstić information content (AvgIpc) is 1.99. The van der Waals surface area contributed by atoms with Crippen molar-refractivity contribution in [2.45, 2.75) is 18.6 Å². The van der Waals surface area contributed by atoms with Gasteiger partial charge in [-0.2, -0.15) is 0 Å². The molecule has 6 heteroatoms. The lowest BCUT2D eigenvalue weighted by molar-refractivity contribution is -0.179. The second-order valence-electron chi connectivity index (χ2n) is 2.91. The van der Waals surface area contributed by atoms with Crippen molar-refractivity contribution in [3.63, 3.8) is 0 Å². The summed E-state index contributed by atoms with van der Waals surface area (Å²) in [5.74, 6) is -2.58. The molecule has 0 radical (unpaired) electrons. The van der Waals surface area contributed by atoms with Crippen LogP contribution in [-0.4, -0.2) is 52.0 Å². The van der Waals surface area contributed by atoms with E-state index in [1.54, 1.807) is 0 Å². The van der Waals surface area contributed by atoms with E-state index in [1.807, 2.05) is 0 Å². The Labute approximate surface area is 75.4 Å². The van der Waals surface area contributed by atoms with E-state index in [1.165, 1.54) is 14.1 Å². The van der Waals surface area contributed by atoms with Crippen LogP contribution in [0.2, 0.25) is 0 Å². The summed E-state index contributed by atoms with van der Waals surface area (Å²) in [5, 5.41) is 26.4. The minimum Gasteiger partial charge on any atom is -0.481 e. The highest BCUT2D eigenvalue weighted by Gasteiger charge is 2.38. The van der Waals surface area contributed by atoms with Crippen LogP contribution < -0.4 is 0 Å². The SMILES string of the molecule is CN(C)[C@@](O)(CCC(=O)O)C(=O)O. The number of aliphatic hydroxyl groups is 1. The third-order valence-electron chi connectivity index (χ3n) is 1.77. The minimum atomic E-state index is -2.10. The van der Waals surface area contributed by atoms with Crippen LogP contribution in [-0.2, 0) is 9.59 Å². The summed E-state index contributed by atoms with van der Waals surface area (Å²) in [4.78, 5) is 21.8. The van der Waals surface area contributed by atoms with Gasteiger partial charge in [0.2, 0.25) is 5.72 Å². The molecule has 0 aromatic heterocycles. The number of hydrogen-bond acceptors (Lipinski definition) is 4. The van der Waals surface area contributed by atoms with Gasteiger partial charge in [-0.3, -0.25) is 9.69 Å². The summed E-state index contributed by atoms with van der Waals surface area (Å²) in [5.41, 5.74) is -2.10. The zero-order valence-corrected chi connectivity index (χ0v) is 7.52. The standard InChI is InChI=1S/C7H13NO5/c1-8(2)7(13,6(11)12)4-3-5(9)10/h13H,3-4H2,1-2H3,(H,9,10)(H,11,12)/t7-/m1/s1. The van der Waals surface area contributed by atoms with Gasteiger partial charge in [0.05, 0.1) is 0 Å². The van der Waals surface area contributed by atoms with Crippen LogP contribution in [0.25, 0.3) is 0 Å². The molecule has 0 bridgehead atoms. The van der Waals surface area contributed by atoms with Crippen LogP contribution in [0.3, 0.4) is 0 Å². The maximum atomic E-state index is 10.6. The number of hydrogen-bond donors (Lipinski definition) is 3. The highest BCUT2D eigenvalue weighted by Crippen LogP contribution is 2.15. The Morgan fingerprint density at radius 1 is 1.31 bits per heavy atom. The Morgan fingerprint density at radius 2 is 1.77 bits per heavy atom. The fourth-order valence-electron chi connectivity index (χ4n) is 0.803. The van der Waals surface area contributed by atoms with E-state index in [-0.39, 0.29) is 12.8 Å². The molecule has 6 nitrogen and oxygen atoms in total. The van der Waals surface area contributed by atoms with Crippen LogP contribution in [0.5, 0.6) is 0 Å². The van der Waals surface area contributed by atoms with Crippen molar-refractivity contribution in [3.05, 3.63) is 0 Å². The van der Waals surface area contributed by atoms with Gasteiger partial charge in [0.1, 0.15) is 0 Å². The molecule has 0 saturated heterocycles. The summed E-state index contributed by atoms with van der Waals surface area (Å²) in [7, 11) is 2.74. The molecule has 0 heterocycles. The first-order valence-corrected chi connectivity index (χ1v) is 3.65. The van der Waals surface area contributed by atoms with Crippen molar-refractivity contribution in [2.75, 3.05) is 14.1 Å². The van der Waals surface area contributed by atoms with Crippen LogP contribution >= 0.6 is 0 Å². The van der Waals surface area contributed by atoms with Crippen LogP contribution in [0.15, 0.2) is 0 Å². The predicted molar refractivity (Wildman–Crippen MR) is 43.1 cm³/mol. The first-order valence-electron chi connectivity index (χ1n) is 3.65. The minimum absolute atomic E-state index is 0.343. The molecule has 0 aliphatic heterocycles. The van der Waals surface area contributed by atoms with Gasteiger partial charge in [0.15, 0.2) is 0 Å². The molecule has 13 heavy (non-hydrogen) atoms. The molecular formula is C7H13NO5. The molecule has 0 aromatic rings. The van der Waals surface area contributed by atoms with E-state index in [0.29, 0.717) is 0 Å². The normalized spacial score (nSPS) is 15.4. The maximum absolute atomic E-state index is 10.6. The van der Waals surface area contributed by atoms with Crippen molar-refractivity contribution in [1.29, 1.82) is 0 Å². The van der Waals surface area contributed by atoms with Gasteiger partial charge in [-0.1, -0.05) is 0 Å². The molecule has 0 aliphatic rings. The third kappa shape index (κ3) is 3.00. The molecule has 1 atom stereocenters. The zero-order valence-electron chi connectivity index (χ0n) is 7.52. The van der Waals surface area contributed by atoms with Gasteiger partial charge in [-0.25, -0.2) is 4.79 Å². The molecule has 76 valence electrons. The lowest BCUT2D eigenvalue weighted by Gasteiger charge is -2.29. The lowest BCUT2D eigenvalue weighted by atomic mass is 10.1. The summed E-state index contributed by atoms with van der Waals surface area (Å²) in [6.07, 6.45) is -0.731. The number of rotatable bonds is 5. The van der Waals surface area contributed by atoms with Crippen LogP contribution in [0, 0.1) is 0 Å². The molecule has 0 aromatic carbocycles. The van der Waals surface area contributed by atoms with Crippen molar-refractivity contribution in [1.82, 2.24) is 4.90 Å². The molecule has 0 fully saturated rings. The largest absolute Gasteiger partial charge is 0.481 e. The van der Waals surface area contributed by atoms with E-state index in [2.05, 4.69) is 0 Å². The third-order valence-corrected chi connectivity index (χ3v) is 1.77. The Balaban J connectivity index is 4.43. The fourth-order valence-corrected chi connectivity index (χ4v) is 0.803. The number of carboxylic acids is 2. The lowest BCUT2D eigenvalue weighted by Crippen LogP contribution is -2.51. The van der Waals surface area contributed by atoms with E-state index in [4.69, 9.17) is 10.2 Å². The highest BCUT2D eigenvalue weighted by atomic mass is 16.4. The first-order chi connectivity index (χ1) is 5.80. The second kappa shape index (κ2) is 4.20. The van der Waals surface area contributed by atoms with Gasteiger partial charge in [-0.05, 0) is 14.1 Å². The van der Waals surface area contributed by atoms with Gasteiger partial charge in [0.25, 0.3) is 0 Å². The molecule has 0 spiro atoms. The van der Waals surface area contributed by atoms with E-state index in [9.17, 15) is 14.7 Å². The number of aliphatic carboxylic acids is 2. The number of carboxylic acid groups (broad SMARTS) is 2. The van der Waals surface area contributed by atoms with Crippen LogP contribution in [0.1, 0.15) is 12.8 Å². The zero-order chi connectivity index (χ0) is 10.6. The topological polar surface area (TPSA) is 98.1 Å². The molecular weight excluding hydrogens is 178 g/mol. The van der Waals surface area contributed by atoms with E-state index < -0.39 is 17.7 Å². The van der Waals surface area contributed by atoms with Gasteiger partial charge in [0, 0.05) is 12.8 Å². The Morgan fingerprint density at radius 3 is 2.00 bits per heavy atom. The van der Waals surface area contributed by atoms with E-state index >= 15 is 0 Å². The van der Waals surface area contributed by atoms with Crippen molar-refractivity contribution in [3.8, 4) is 0 Å². The molecule has 3 N–H and O–H groups in total. The van der Waals surface area contributed by atoms with Crippen LogP contribution in [0.4, 0.5) is 0 Å². The summed E-state index contributed by atoms with van der Waals surface area (Å²) >= 11 is 0. The quantitative estimate of drug-likeness (QED) is 0.491. The van der Waals surface area contributed by atoms with Crippen molar-refractivity contribution >= 4 is 11.9 Å². The summed E-state index contributed by atoms with van der Waals surface area (Å²) in [6, 6.07) is 0. The van der Waals surface area contributed by atoms with E-state index in [0.717, 1.165) is 4.90 Å². The molecule has 0 unspecified atom stereocenters. The number of nitrogens with zero attached hydrogens (tertiary/aromatic N) is 1. The fraction of sp³-hybridized carbons (Fsp3) is 0.714. The number of likely N-dealkylation sites (N-methyl/N-ethyl adjacent to an activating group) is 1. The molecule has 0 amide bonds. The first kappa shape index (κ1) is 11.9. The highest BCUT2D eigenvalue weighted by molar-refractivity contribution is 5.77. The second-order valence-corrected chi connectivity index (χ2v) is 2.91. The Kier molecular flexibility index (Phi) is 3.83. The Hall–Kier alpha value is -1.14. The van der Waals surface area contributed by atoms with Gasteiger partial charge in [-0.15, -0.1) is 0 Å². The average molecular weight is 191 g/mol. The Bertz CT molecular complexity index is 215. The van der Waals surface area contributed by atoms with Crippen molar-refractivity contribution in [2.24, 2.45) is 0 Å². The maximum Gasteiger partial charge on any atom is 0.351 e. The smallest absolute Gasteiger partial charge is 0.351 e. The summed E-state index contributed by atoms with van der Waals surface area (Å²) in [6.45, 7) is 0. The molecule has 0 aliphatic carbocycles.